The largest absolute Gasteiger partial charge is 0.302 e. The Kier molecular flexibility index (Phi) is 2.44. The first kappa shape index (κ1) is 8.01. The van der Waals surface area contributed by atoms with Crippen LogP contribution >= 0.6 is 0 Å². The van der Waals surface area contributed by atoms with E-state index in [9.17, 15) is 4.79 Å². The van der Waals surface area contributed by atoms with Gasteiger partial charge in [0.1, 0.15) is 0 Å². The smallest absolute Gasteiger partial charge is 0.251 e. The Morgan fingerprint density at radius 1 is 1.45 bits per heavy atom. The highest BCUT2D eigenvalue weighted by Gasteiger charge is 1.92. The molecule has 0 aliphatic carbocycles. The predicted octanol–water partition coefficient (Wildman–Crippen LogP) is 0.367. The summed E-state index contributed by atoms with van der Waals surface area (Å²) in [5.41, 5.74) is 0.0428. The SMILES string of the molecule is CN(C)Cn1ccccc1=O. The molecule has 1 aromatic heterocycles. The van der Waals surface area contributed by atoms with Crippen LogP contribution < -0.4 is 5.56 Å². The number of hydrogen-bond donors (Lipinski definition) is 0. The lowest BCUT2D eigenvalue weighted by atomic mass is 10.5. The van der Waals surface area contributed by atoms with Gasteiger partial charge in [-0.05, 0) is 20.2 Å². The van der Waals surface area contributed by atoms with Gasteiger partial charge in [0.05, 0.1) is 6.67 Å². The zero-order valence-corrected chi connectivity index (χ0v) is 6.82. The minimum absolute atomic E-state index is 0.0428. The van der Waals surface area contributed by atoms with Crippen LogP contribution in [0, 0.1) is 0 Å². The fourth-order valence-electron chi connectivity index (χ4n) is 0.882. The summed E-state index contributed by atoms with van der Waals surface area (Å²) in [6.07, 6.45) is 1.78. The van der Waals surface area contributed by atoms with Crippen molar-refractivity contribution in [2.75, 3.05) is 14.1 Å². The van der Waals surface area contributed by atoms with Crippen molar-refractivity contribution in [3.63, 3.8) is 0 Å². The molecular weight excluding hydrogens is 140 g/mol. The maximum absolute atomic E-state index is 11.1. The second kappa shape index (κ2) is 3.34. The van der Waals surface area contributed by atoms with Crippen LogP contribution in [-0.4, -0.2) is 23.6 Å². The molecule has 0 bridgehead atoms. The van der Waals surface area contributed by atoms with Gasteiger partial charge < -0.3 is 4.57 Å². The fraction of sp³-hybridized carbons (Fsp3) is 0.375. The summed E-state index contributed by atoms with van der Waals surface area (Å²) in [4.78, 5) is 13.0. The summed E-state index contributed by atoms with van der Waals surface area (Å²) in [7, 11) is 3.86. The van der Waals surface area contributed by atoms with Gasteiger partial charge in [-0.1, -0.05) is 6.07 Å². The van der Waals surface area contributed by atoms with E-state index in [1.54, 1.807) is 22.9 Å². The summed E-state index contributed by atoms with van der Waals surface area (Å²) in [6, 6.07) is 5.16. The molecule has 0 amide bonds. The van der Waals surface area contributed by atoms with Crippen molar-refractivity contribution >= 4 is 0 Å². The van der Waals surface area contributed by atoms with Gasteiger partial charge in [0, 0.05) is 12.3 Å². The normalized spacial score (nSPS) is 10.5. The van der Waals surface area contributed by atoms with Crippen molar-refractivity contribution in [3.8, 4) is 0 Å². The van der Waals surface area contributed by atoms with E-state index in [-0.39, 0.29) is 5.56 Å². The highest BCUT2D eigenvalue weighted by molar-refractivity contribution is 4.92. The van der Waals surface area contributed by atoms with Gasteiger partial charge in [-0.2, -0.15) is 0 Å². The molecular formula is C8H12N2O. The van der Waals surface area contributed by atoms with E-state index in [1.807, 2.05) is 25.1 Å². The van der Waals surface area contributed by atoms with Crippen molar-refractivity contribution in [2.24, 2.45) is 0 Å². The Bertz CT molecular complexity index is 277. The van der Waals surface area contributed by atoms with Crippen molar-refractivity contribution < 1.29 is 0 Å². The van der Waals surface area contributed by atoms with Crippen LogP contribution in [0.5, 0.6) is 0 Å². The first-order valence-electron chi connectivity index (χ1n) is 3.50. The van der Waals surface area contributed by atoms with Crippen LogP contribution in [0.25, 0.3) is 0 Å². The molecule has 0 spiro atoms. The summed E-state index contributed by atoms with van der Waals surface area (Å²) >= 11 is 0. The Hall–Kier alpha value is -1.09. The van der Waals surface area contributed by atoms with Crippen LogP contribution in [0.4, 0.5) is 0 Å². The maximum atomic E-state index is 11.1. The molecule has 0 aromatic carbocycles. The molecule has 0 saturated carbocycles. The van der Waals surface area contributed by atoms with Gasteiger partial charge >= 0.3 is 0 Å². The highest BCUT2D eigenvalue weighted by Crippen LogP contribution is 1.83. The summed E-state index contributed by atoms with van der Waals surface area (Å²) in [5.74, 6) is 0. The molecule has 0 aliphatic heterocycles. The topological polar surface area (TPSA) is 25.2 Å². The second-order valence-electron chi connectivity index (χ2n) is 2.73. The summed E-state index contributed by atoms with van der Waals surface area (Å²) in [5, 5.41) is 0. The van der Waals surface area contributed by atoms with Crippen LogP contribution in [0.2, 0.25) is 0 Å². The van der Waals surface area contributed by atoms with Gasteiger partial charge in [0.2, 0.25) is 0 Å². The number of rotatable bonds is 2. The molecule has 3 heteroatoms. The third-order valence-corrected chi connectivity index (χ3v) is 1.33. The Labute approximate surface area is 65.9 Å². The van der Waals surface area contributed by atoms with E-state index in [0.29, 0.717) is 6.67 Å². The molecule has 3 nitrogen and oxygen atoms in total. The first-order valence-corrected chi connectivity index (χ1v) is 3.50. The molecule has 60 valence electrons. The average Bonchev–Trinajstić information content (AvgIpc) is 1.93. The summed E-state index contributed by atoms with van der Waals surface area (Å²) in [6.45, 7) is 0.639. The van der Waals surface area contributed by atoms with Gasteiger partial charge in [0.15, 0.2) is 0 Å². The zero-order valence-electron chi connectivity index (χ0n) is 6.82. The van der Waals surface area contributed by atoms with Crippen molar-refractivity contribution in [2.45, 2.75) is 6.67 Å². The zero-order chi connectivity index (χ0) is 8.27. The molecule has 1 heterocycles. The lowest BCUT2D eigenvalue weighted by molar-refractivity contribution is 0.321. The van der Waals surface area contributed by atoms with Crippen LogP contribution in [-0.2, 0) is 6.67 Å². The van der Waals surface area contributed by atoms with E-state index in [1.165, 1.54) is 0 Å². The fourth-order valence-corrected chi connectivity index (χ4v) is 0.882. The van der Waals surface area contributed by atoms with E-state index >= 15 is 0 Å². The van der Waals surface area contributed by atoms with Crippen molar-refractivity contribution in [1.82, 2.24) is 9.47 Å². The molecule has 11 heavy (non-hydrogen) atoms. The van der Waals surface area contributed by atoms with E-state index < -0.39 is 0 Å². The van der Waals surface area contributed by atoms with Crippen LogP contribution in [0.15, 0.2) is 29.2 Å². The first-order chi connectivity index (χ1) is 5.20. The number of nitrogens with zero attached hydrogens (tertiary/aromatic N) is 2. The number of aromatic nitrogens is 1. The van der Waals surface area contributed by atoms with Gasteiger partial charge in [-0.25, -0.2) is 0 Å². The van der Waals surface area contributed by atoms with Crippen molar-refractivity contribution in [3.05, 3.63) is 34.7 Å². The quantitative estimate of drug-likeness (QED) is 0.611. The molecule has 0 saturated heterocycles. The number of pyridine rings is 1. The third kappa shape index (κ3) is 2.20. The van der Waals surface area contributed by atoms with E-state index in [4.69, 9.17) is 0 Å². The molecule has 0 fully saturated rings. The molecule has 0 unspecified atom stereocenters. The number of hydrogen-bond acceptors (Lipinski definition) is 2. The van der Waals surface area contributed by atoms with Gasteiger partial charge in [0.25, 0.3) is 5.56 Å². The lowest BCUT2D eigenvalue weighted by Gasteiger charge is -2.10. The van der Waals surface area contributed by atoms with Crippen LogP contribution in [0.1, 0.15) is 0 Å². The highest BCUT2D eigenvalue weighted by atomic mass is 16.1. The molecule has 0 atom stereocenters. The Balaban J connectivity index is 2.87. The minimum Gasteiger partial charge on any atom is -0.302 e. The van der Waals surface area contributed by atoms with Gasteiger partial charge in [-0.15, -0.1) is 0 Å². The van der Waals surface area contributed by atoms with Crippen LogP contribution in [0.3, 0.4) is 0 Å². The standard InChI is InChI=1S/C8H12N2O/c1-9(2)7-10-6-4-3-5-8(10)11/h3-6H,7H2,1-2H3. The lowest BCUT2D eigenvalue weighted by Crippen LogP contribution is -2.26. The average molecular weight is 152 g/mol. The predicted molar refractivity (Wildman–Crippen MR) is 44.4 cm³/mol. The monoisotopic (exact) mass is 152 g/mol. The molecule has 0 aliphatic rings. The van der Waals surface area contributed by atoms with Crippen molar-refractivity contribution in [1.29, 1.82) is 0 Å². The van der Waals surface area contributed by atoms with Gasteiger partial charge in [-0.3, -0.25) is 9.69 Å². The molecule has 1 aromatic rings. The maximum Gasteiger partial charge on any atom is 0.251 e. The van der Waals surface area contributed by atoms with E-state index in [2.05, 4.69) is 0 Å². The Morgan fingerprint density at radius 3 is 2.73 bits per heavy atom. The third-order valence-electron chi connectivity index (χ3n) is 1.33. The molecule has 0 N–H and O–H groups in total. The summed E-state index contributed by atoms with van der Waals surface area (Å²) < 4.78 is 1.65. The minimum atomic E-state index is 0.0428. The Morgan fingerprint density at radius 2 is 2.18 bits per heavy atom. The molecule has 1 rings (SSSR count). The second-order valence-corrected chi connectivity index (χ2v) is 2.73. The van der Waals surface area contributed by atoms with E-state index in [0.717, 1.165) is 0 Å². The molecule has 0 radical (unpaired) electrons.